The topological polar surface area (TPSA) is 76.1 Å². The molecule has 1 N–H and O–H groups in total. The Morgan fingerprint density at radius 3 is 2.20 bits per heavy atom. The zero-order valence-corrected chi connectivity index (χ0v) is 13.9. The minimum atomic E-state index is -4.50. The number of para-hydroxylation sites is 2. The molecule has 0 aromatic heterocycles. The predicted octanol–water partition coefficient (Wildman–Crippen LogP) is 2.58. The van der Waals surface area contributed by atoms with Gasteiger partial charge in [-0.2, -0.15) is 13.2 Å². The summed E-state index contributed by atoms with van der Waals surface area (Å²) in [5.74, 6) is -1.88. The van der Waals surface area contributed by atoms with Crippen molar-refractivity contribution in [3.05, 3.63) is 24.3 Å². The molecule has 1 rings (SSSR count). The van der Waals surface area contributed by atoms with Gasteiger partial charge in [-0.05, 0) is 18.1 Å². The van der Waals surface area contributed by atoms with E-state index in [1.807, 2.05) is 13.8 Å². The van der Waals surface area contributed by atoms with E-state index in [1.165, 1.54) is 24.3 Å². The molecule has 0 unspecified atom stereocenters. The number of ether oxygens (including phenoxy) is 2. The van der Waals surface area contributed by atoms with Gasteiger partial charge in [-0.3, -0.25) is 9.59 Å². The van der Waals surface area contributed by atoms with Gasteiger partial charge < -0.3 is 19.5 Å². The lowest BCUT2D eigenvalue weighted by Crippen LogP contribution is -2.40. The summed E-state index contributed by atoms with van der Waals surface area (Å²) in [4.78, 5) is 24.1. The second-order valence-electron chi connectivity index (χ2n) is 5.70. The lowest BCUT2D eigenvalue weighted by molar-refractivity contribution is -0.153. The highest BCUT2D eigenvalue weighted by Crippen LogP contribution is 2.28. The van der Waals surface area contributed by atoms with Crippen LogP contribution in [0.4, 0.5) is 13.2 Å². The summed E-state index contributed by atoms with van der Waals surface area (Å²) in [6, 6.07) is 5.64. The molecular weight excluding hydrogens is 343 g/mol. The molecule has 0 atom stereocenters. The molecule has 0 fully saturated rings. The van der Waals surface area contributed by atoms with Gasteiger partial charge in [0.25, 0.3) is 5.91 Å². The first-order valence-electron chi connectivity index (χ1n) is 7.49. The van der Waals surface area contributed by atoms with Crippen molar-refractivity contribution in [2.75, 3.05) is 26.3 Å². The summed E-state index contributed by atoms with van der Waals surface area (Å²) >= 11 is 0. The van der Waals surface area contributed by atoms with Gasteiger partial charge >= 0.3 is 12.1 Å². The molecule has 0 aliphatic rings. The van der Waals surface area contributed by atoms with Crippen LogP contribution in [0.3, 0.4) is 0 Å². The molecule has 1 aromatic rings. The molecule has 140 valence electrons. The Bertz CT molecular complexity index is 589. The molecule has 1 amide bonds. The van der Waals surface area contributed by atoms with E-state index in [0.717, 1.165) is 4.90 Å². The third-order valence-electron chi connectivity index (χ3n) is 2.86. The van der Waals surface area contributed by atoms with Crippen molar-refractivity contribution < 1.29 is 37.3 Å². The van der Waals surface area contributed by atoms with Crippen LogP contribution >= 0.6 is 0 Å². The first kappa shape index (κ1) is 20.6. The molecule has 1 aromatic carbocycles. The number of rotatable bonds is 9. The minimum Gasteiger partial charge on any atom is -0.480 e. The zero-order valence-electron chi connectivity index (χ0n) is 13.9. The Hall–Kier alpha value is -2.45. The SMILES string of the molecule is CC(C)CN(CC(=O)O)C(=O)COc1ccccc1OCC(F)(F)F. The molecule has 0 heterocycles. The van der Waals surface area contributed by atoms with Gasteiger partial charge in [0.05, 0.1) is 0 Å². The molecule has 0 saturated carbocycles. The fourth-order valence-electron chi connectivity index (χ4n) is 1.94. The fraction of sp³-hybridized carbons (Fsp3) is 0.500. The number of benzene rings is 1. The number of alkyl halides is 3. The number of carboxylic acids is 1. The van der Waals surface area contributed by atoms with E-state index in [2.05, 4.69) is 4.74 Å². The first-order valence-corrected chi connectivity index (χ1v) is 7.49. The highest BCUT2D eigenvalue weighted by molar-refractivity contribution is 5.82. The second-order valence-corrected chi connectivity index (χ2v) is 5.70. The Morgan fingerprint density at radius 1 is 1.16 bits per heavy atom. The normalized spacial score (nSPS) is 11.3. The van der Waals surface area contributed by atoms with Gasteiger partial charge in [-0.25, -0.2) is 0 Å². The Kier molecular flexibility index (Phi) is 7.53. The van der Waals surface area contributed by atoms with Crippen LogP contribution in [0, 0.1) is 5.92 Å². The largest absolute Gasteiger partial charge is 0.480 e. The van der Waals surface area contributed by atoms with Crippen molar-refractivity contribution in [1.82, 2.24) is 4.90 Å². The third kappa shape index (κ3) is 8.27. The molecule has 0 saturated heterocycles. The number of aliphatic carboxylic acids is 1. The number of halogens is 3. The summed E-state index contributed by atoms with van der Waals surface area (Å²) < 4.78 is 46.6. The summed E-state index contributed by atoms with van der Waals surface area (Å²) in [5, 5.41) is 8.86. The first-order chi connectivity index (χ1) is 11.6. The van der Waals surface area contributed by atoms with Gasteiger partial charge in [0.2, 0.25) is 0 Å². The molecular formula is C16H20F3NO5. The number of hydrogen-bond donors (Lipinski definition) is 1. The van der Waals surface area contributed by atoms with Crippen molar-refractivity contribution in [3.8, 4) is 11.5 Å². The van der Waals surface area contributed by atoms with Crippen LogP contribution in [0.25, 0.3) is 0 Å². The smallest absolute Gasteiger partial charge is 0.422 e. The van der Waals surface area contributed by atoms with Crippen LogP contribution in [-0.4, -0.2) is 54.4 Å². The molecule has 6 nitrogen and oxygen atoms in total. The maximum Gasteiger partial charge on any atom is 0.422 e. The van der Waals surface area contributed by atoms with Gasteiger partial charge in [-0.1, -0.05) is 26.0 Å². The van der Waals surface area contributed by atoms with Crippen molar-refractivity contribution in [1.29, 1.82) is 0 Å². The van der Waals surface area contributed by atoms with E-state index >= 15 is 0 Å². The van der Waals surface area contributed by atoms with Crippen LogP contribution in [0.2, 0.25) is 0 Å². The number of hydrogen-bond acceptors (Lipinski definition) is 4. The number of amides is 1. The molecule has 0 bridgehead atoms. The second kappa shape index (κ2) is 9.14. The lowest BCUT2D eigenvalue weighted by Gasteiger charge is -2.23. The van der Waals surface area contributed by atoms with Gasteiger partial charge in [-0.15, -0.1) is 0 Å². The molecule has 0 spiro atoms. The standard InChI is InChI=1S/C16H20F3NO5/c1-11(2)7-20(8-15(22)23)14(21)9-24-12-5-3-4-6-13(12)25-10-16(17,18)19/h3-6,11H,7-10H2,1-2H3,(H,22,23). The van der Waals surface area contributed by atoms with E-state index in [-0.39, 0.29) is 24.0 Å². The minimum absolute atomic E-state index is 0.0279. The van der Waals surface area contributed by atoms with Crippen molar-refractivity contribution >= 4 is 11.9 Å². The molecule has 0 aliphatic carbocycles. The van der Waals surface area contributed by atoms with E-state index in [4.69, 9.17) is 9.84 Å². The number of nitrogens with zero attached hydrogens (tertiary/aromatic N) is 1. The highest BCUT2D eigenvalue weighted by atomic mass is 19.4. The predicted molar refractivity (Wildman–Crippen MR) is 82.5 cm³/mol. The van der Waals surface area contributed by atoms with E-state index < -0.39 is 37.8 Å². The summed E-state index contributed by atoms with van der Waals surface area (Å²) in [6.07, 6.45) is -4.50. The van der Waals surface area contributed by atoms with Crippen LogP contribution in [0.15, 0.2) is 24.3 Å². The quantitative estimate of drug-likeness (QED) is 0.730. The number of carboxylic acid groups (broad SMARTS) is 1. The van der Waals surface area contributed by atoms with Crippen LogP contribution in [-0.2, 0) is 9.59 Å². The Balaban J connectivity index is 2.72. The number of carbonyl (C=O) groups excluding carboxylic acids is 1. The fourth-order valence-corrected chi connectivity index (χ4v) is 1.94. The summed E-state index contributed by atoms with van der Waals surface area (Å²) in [5.41, 5.74) is 0. The summed E-state index contributed by atoms with van der Waals surface area (Å²) in [6.45, 7) is 1.39. The molecule has 0 aliphatic heterocycles. The van der Waals surface area contributed by atoms with E-state index in [9.17, 15) is 22.8 Å². The van der Waals surface area contributed by atoms with E-state index in [0.29, 0.717) is 0 Å². The van der Waals surface area contributed by atoms with Crippen LogP contribution in [0.5, 0.6) is 11.5 Å². The van der Waals surface area contributed by atoms with Crippen molar-refractivity contribution in [3.63, 3.8) is 0 Å². The lowest BCUT2D eigenvalue weighted by atomic mass is 10.2. The molecule has 25 heavy (non-hydrogen) atoms. The summed E-state index contributed by atoms with van der Waals surface area (Å²) in [7, 11) is 0. The molecule has 0 radical (unpaired) electrons. The Labute approximate surface area is 143 Å². The van der Waals surface area contributed by atoms with E-state index in [1.54, 1.807) is 0 Å². The van der Waals surface area contributed by atoms with Crippen molar-refractivity contribution in [2.45, 2.75) is 20.0 Å². The average molecular weight is 363 g/mol. The van der Waals surface area contributed by atoms with Crippen molar-refractivity contribution in [2.24, 2.45) is 5.92 Å². The zero-order chi connectivity index (χ0) is 19.0. The number of carbonyl (C=O) groups is 2. The average Bonchev–Trinajstić information content (AvgIpc) is 2.49. The highest BCUT2D eigenvalue weighted by Gasteiger charge is 2.29. The van der Waals surface area contributed by atoms with Crippen LogP contribution < -0.4 is 9.47 Å². The van der Waals surface area contributed by atoms with Gasteiger partial charge in [0, 0.05) is 6.54 Å². The Morgan fingerprint density at radius 2 is 1.72 bits per heavy atom. The van der Waals surface area contributed by atoms with Gasteiger partial charge in [0.1, 0.15) is 6.54 Å². The van der Waals surface area contributed by atoms with Crippen LogP contribution in [0.1, 0.15) is 13.8 Å². The maximum absolute atomic E-state index is 12.3. The molecule has 9 heteroatoms. The maximum atomic E-state index is 12.3. The van der Waals surface area contributed by atoms with Gasteiger partial charge in [0.15, 0.2) is 24.7 Å². The third-order valence-corrected chi connectivity index (χ3v) is 2.86. The monoisotopic (exact) mass is 363 g/mol.